The molecule has 0 radical (unpaired) electrons. The van der Waals surface area contributed by atoms with Gasteiger partial charge < -0.3 is 9.80 Å². The Labute approximate surface area is 170 Å². The van der Waals surface area contributed by atoms with E-state index in [1.165, 1.54) is 36.3 Å². The van der Waals surface area contributed by atoms with E-state index < -0.39 is 5.82 Å². The molecule has 1 aromatic carbocycles. The van der Waals surface area contributed by atoms with Gasteiger partial charge in [0, 0.05) is 25.0 Å². The van der Waals surface area contributed by atoms with Crippen molar-refractivity contribution in [3.63, 3.8) is 0 Å². The van der Waals surface area contributed by atoms with Gasteiger partial charge in [0.15, 0.2) is 10.9 Å². The second-order valence-corrected chi connectivity index (χ2v) is 7.87. The lowest BCUT2D eigenvalue weighted by atomic mass is 10.3. The second kappa shape index (κ2) is 8.46. The average molecular weight is 422 g/mol. The van der Waals surface area contributed by atoms with E-state index in [4.69, 9.17) is 11.6 Å². The number of halogens is 3. The van der Waals surface area contributed by atoms with Crippen molar-refractivity contribution in [3.05, 3.63) is 53.6 Å². The molecule has 28 heavy (non-hydrogen) atoms. The maximum Gasteiger partial charge on any atom is 0.223 e. The quantitative estimate of drug-likeness (QED) is 0.537. The molecule has 4 rings (SSSR count). The minimum absolute atomic E-state index is 0.0178. The number of aromatic nitrogens is 3. The van der Waals surface area contributed by atoms with Gasteiger partial charge in [-0.2, -0.15) is 0 Å². The van der Waals surface area contributed by atoms with Crippen LogP contribution >= 0.6 is 22.9 Å². The molecule has 1 saturated heterocycles. The Morgan fingerprint density at radius 3 is 2.57 bits per heavy atom. The summed E-state index contributed by atoms with van der Waals surface area (Å²) in [5.74, 6) is -0.842. The van der Waals surface area contributed by atoms with Crippen LogP contribution in [0, 0.1) is 11.6 Å². The van der Waals surface area contributed by atoms with Crippen molar-refractivity contribution in [1.29, 1.82) is 0 Å². The van der Waals surface area contributed by atoms with Crippen molar-refractivity contribution in [1.82, 2.24) is 19.9 Å². The number of benzene rings is 1. The molecule has 3 aromatic rings. The van der Waals surface area contributed by atoms with Crippen molar-refractivity contribution >= 4 is 33.8 Å². The van der Waals surface area contributed by atoms with Crippen molar-refractivity contribution in [2.45, 2.75) is 12.8 Å². The van der Waals surface area contributed by atoms with Gasteiger partial charge in [-0.1, -0.05) is 11.3 Å². The van der Waals surface area contributed by atoms with Crippen LogP contribution in [-0.4, -0.2) is 46.0 Å². The van der Waals surface area contributed by atoms with Crippen molar-refractivity contribution in [2.75, 3.05) is 31.1 Å². The Bertz CT molecular complexity index is 944. The number of thiazole rings is 1. The number of anilines is 2. The number of rotatable bonds is 6. The first-order valence-electron chi connectivity index (χ1n) is 9.00. The fourth-order valence-corrected chi connectivity index (χ4v) is 4.31. The van der Waals surface area contributed by atoms with E-state index in [9.17, 15) is 8.78 Å². The number of hydrogen-bond acceptors (Lipinski definition) is 6. The molecular weight excluding hydrogens is 404 g/mol. The van der Waals surface area contributed by atoms with Gasteiger partial charge in [-0.05, 0) is 61.8 Å². The average Bonchev–Trinajstić information content (AvgIpc) is 3.38. The molecule has 2 aromatic heterocycles. The molecule has 5 nitrogen and oxygen atoms in total. The summed E-state index contributed by atoms with van der Waals surface area (Å²) in [5, 5.41) is 0.672. The summed E-state index contributed by atoms with van der Waals surface area (Å²) in [5.41, 5.74) is 0.963. The molecule has 0 unspecified atom stereocenters. The molecule has 0 N–H and O–H groups in total. The third-order valence-corrected chi connectivity index (χ3v) is 5.86. The van der Waals surface area contributed by atoms with Gasteiger partial charge >= 0.3 is 0 Å². The van der Waals surface area contributed by atoms with Crippen LogP contribution in [0.25, 0.3) is 10.6 Å². The smallest absolute Gasteiger partial charge is 0.223 e. The Morgan fingerprint density at radius 2 is 1.82 bits per heavy atom. The summed E-state index contributed by atoms with van der Waals surface area (Å²) >= 11 is 7.13. The van der Waals surface area contributed by atoms with Crippen LogP contribution in [-0.2, 0) is 0 Å². The third kappa shape index (κ3) is 4.29. The van der Waals surface area contributed by atoms with Gasteiger partial charge in [-0.15, -0.1) is 0 Å². The summed E-state index contributed by atoms with van der Waals surface area (Å²) in [6.45, 7) is 3.75. The second-order valence-electron chi connectivity index (χ2n) is 6.52. The minimum Gasteiger partial charge on any atom is -0.317 e. The highest BCUT2D eigenvalue weighted by Crippen LogP contribution is 2.35. The van der Waals surface area contributed by atoms with E-state index in [1.54, 1.807) is 18.3 Å². The molecule has 1 fully saturated rings. The molecule has 0 aliphatic carbocycles. The molecule has 0 atom stereocenters. The van der Waals surface area contributed by atoms with Gasteiger partial charge in [-0.25, -0.2) is 23.7 Å². The van der Waals surface area contributed by atoms with Crippen LogP contribution in [0.5, 0.6) is 0 Å². The zero-order chi connectivity index (χ0) is 19.5. The Morgan fingerprint density at radius 1 is 1.07 bits per heavy atom. The highest BCUT2D eigenvalue weighted by atomic mass is 35.5. The predicted molar refractivity (Wildman–Crippen MR) is 107 cm³/mol. The maximum absolute atomic E-state index is 14.1. The van der Waals surface area contributed by atoms with Crippen LogP contribution in [0.3, 0.4) is 0 Å². The molecule has 9 heteroatoms. The van der Waals surface area contributed by atoms with Crippen LogP contribution in [0.1, 0.15) is 12.8 Å². The fourth-order valence-electron chi connectivity index (χ4n) is 3.22. The normalized spacial score (nSPS) is 14.5. The summed E-state index contributed by atoms with van der Waals surface area (Å²) in [6.07, 6.45) is 5.06. The zero-order valence-corrected chi connectivity index (χ0v) is 16.6. The SMILES string of the molecule is Fc1ccc(N(CCN2CCCC2)c2ncc(-c3nc(Cl)ncc3F)s2)cc1. The van der Waals surface area contributed by atoms with Crippen molar-refractivity contribution < 1.29 is 8.78 Å². The van der Waals surface area contributed by atoms with Crippen molar-refractivity contribution in [2.24, 2.45) is 0 Å². The number of nitrogens with zero attached hydrogens (tertiary/aromatic N) is 5. The van der Waals surface area contributed by atoms with E-state index in [0.29, 0.717) is 16.6 Å². The van der Waals surface area contributed by atoms with Crippen LogP contribution < -0.4 is 4.90 Å². The lowest BCUT2D eigenvalue weighted by molar-refractivity contribution is 0.348. The molecule has 0 spiro atoms. The largest absolute Gasteiger partial charge is 0.317 e. The first-order chi connectivity index (χ1) is 13.6. The number of hydrogen-bond donors (Lipinski definition) is 0. The van der Waals surface area contributed by atoms with E-state index in [2.05, 4.69) is 19.9 Å². The molecule has 0 bridgehead atoms. The Kier molecular flexibility index (Phi) is 5.79. The molecule has 0 saturated carbocycles. The standard InChI is InChI=1S/C19H18ClF2N5S/c20-18-23-11-15(22)17(25-18)16-12-24-19(28-16)27(10-9-26-7-1-2-8-26)14-5-3-13(21)4-6-14/h3-6,11-12H,1-2,7-10H2. The fraction of sp³-hybridized carbons (Fsp3) is 0.316. The van der Waals surface area contributed by atoms with E-state index in [-0.39, 0.29) is 16.8 Å². The predicted octanol–water partition coefficient (Wildman–Crippen LogP) is 4.77. The van der Waals surface area contributed by atoms with E-state index in [1.807, 2.05) is 4.90 Å². The van der Waals surface area contributed by atoms with Gasteiger partial charge in [-0.3, -0.25) is 0 Å². The molecule has 146 valence electrons. The topological polar surface area (TPSA) is 45.2 Å². The first-order valence-corrected chi connectivity index (χ1v) is 10.2. The molecule has 0 amide bonds. The Balaban J connectivity index is 1.63. The van der Waals surface area contributed by atoms with Gasteiger partial charge in [0.2, 0.25) is 5.28 Å². The monoisotopic (exact) mass is 421 g/mol. The lowest BCUT2D eigenvalue weighted by Gasteiger charge is -2.25. The summed E-state index contributed by atoms with van der Waals surface area (Å²) in [4.78, 5) is 17.1. The summed E-state index contributed by atoms with van der Waals surface area (Å²) in [6, 6.07) is 6.30. The molecule has 1 aliphatic heterocycles. The zero-order valence-electron chi connectivity index (χ0n) is 15.0. The maximum atomic E-state index is 14.1. The molecule has 3 heterocycles. The first kappa shape index (κ1) is 19.2. The Hall–Kier alpha value is -2.16. The highest BCUT2D eigenvalue weighted by molar-refractivity contribution is 7.18. The third-order valence-electron chi connectivity index (χ3n) is 4.65. The van der Waals surface area contributed by atoms with Gasteiger partial charge in [0.25, 0.3) is 0 Å². The van der Waals surface area contributed by atoms with E-state index >= 15 is 0 Å². The minimum atomic E-state index is -0.551. The molecule has 1 aliphatic rings. The van der Waals surface area contributed by atoms with Gasteiger partial charge in [0.05, 0.1) is 11.1 Å². The van der Waals surface area contributed by atoms with Crippen LogP contribution in [0.4, 0.5) is 19.6 Å². The number of likely N-dealkylation sites (tertiary alicyclic amines) is 1. The lowest BCUT2D eigenvalue weighted by Crippen LogP contribution is -2.31. The summed E-state index contributed by atoms with van der Waals surface area (Å²) in [7, 11) is 0. The van der Waals surface area contributed by atoms with Crippen molar-refractivity contribution in [3.8, 4) is 10.6 Å². The van der Waals surface area contributed by atoms with Crippen LogP contribution in [0.2, 0.25) is 5.28 Å². The molecular formula is C19H18ClF2N5S. The highest BCUT2D eigenvalue weighted by Gasteiger charge is 2.19. The van der Waals surface area contributed by atoms with Crippen LogP contribution in [0.15, 0.2) is 36.7 Å². The van der Waals surface area contributed by atoms with E-state index in [0.717, 1.165) is 31.5 Å². The summed E-state index contributed by atoms with van der Waals surface area (Å²) < 4.78 is 27.5. The van der Waals surface area contributed by atoms with Gasteiger partial charge in [0.1, 0.15) is 11.5 Å².